The van der Waals surface area contributed by atoms with Crippen LogP contribution in [0.1, 0.15) is 47.5 Å². The van der Waals surface area contributed by atoms with Gasteiger partial charge in [0, 0.05) is 0 Å². The van der Waals surface area contributed by atoms with E-state index in [4.69, 9.17) is 0 Å². The van der Waals surface area contributed by atoms with Gasteiger partial charge in [-0.3, -0.25) is 0 Å². The van der Waals surface area contributed by atoms with E-state index >= 15 is 0 Å². The van der Waals surface area contributed by atoms with Gasteiger partial charge in [-0.05, 0) is 0 Å². The molecule has 0 aliphatic heterocycles. The van der Waals surface area contributed by atoms with Gasteiger partial charge in [0.05, 0.1) is 0 Å². The molecule has 0 aliphatic rings. The van der Waals surface area contributed by atoms with Gasteiger partial charge >= 0.3 is 79.6 Å². The minimum atomic E-state index is 0.494. The van der Waals surface area contributed by atoms with E-state index in [0.717, 1.165) is 10.7 Å². The molecular weight excluding hydrogens is 199 g/mol. The fraction of sp³-hybridized carbons (Fsp3) is 1.00. The Morgan fingerprint density at radius 1 is 1.18 bits per heavy atom. The SMILES string of the molecule is CC([Se])CC(C)CC(C)(C)C. The third-order valence-corrected chi connectivity index (χ3v) is 2.10. The van der Waals surface area contributed by atoms with E-state index in [2.05, 4.69) is 50.6 Å². The van der Waals surface area contributed by atoms with Crippen molar-refractivity contribution in [2.75, 3.05) is 0 Å². The van der Waals surface area contributed by atoms with Gasteiger partial charge in [-0.1, -0.05) is 0 Å². The molecule has 0 saturated carbocycles. The molecule has 0 bridgehead atoms. The van der Waals surface area contributed by atoms with Crippen molar-refractivity contribution in [2.24, 2.45) is 11.3 Å². The second-order valence-corrected chi connectivity index (χ2v) is 6.60. The van der Waals surface area contributed by atoms with Crippen molar-refractivity contribution in [1.82, 2.24) is 0 Å². The molecule has 0 aromatic rings. The summed E-state index contributed by atoms with van der Waals surface area (Å²) in [6.07, 6.45) is 2.65. The molecule has 0 rings (SSSR count). The summed E-state index contributed by atoms with van der Waals surface area (Å²) >= 11 is 3.16. The summed E-state index contributed by atoms with van der Waals surface area (Å²) < 4.78 is 0. The molecule has 0 nitrogen and oxygen atoms in total. The topological polar surface area (TPSA) is 0 Å². The summed E-state index contributed by atoms with van der Waals surface area (Å²) in [7, 11) is 0. The Morgan fingerprint density at radius 3 is 1.91 bits per heavy atom. The first kappa shape index (κ1) is 11.5. The minimum absolute atomic E-state index is 0.494. The molecule has 0 saturated heterocycles. The van der Waals surface area contributed by atoms with Gasteiger partial charge in [-0.25, -0.2) is 0 Å². The van der Waals surface area contributed by atoms with E-state index in [1.165, 1.54) is 12.8 Å². The summed E-state index contributed by atoms with van der Waals surface area (Å²) in [5.41, 5.74) is 0.494. The van der Waals surface area contributed by atoms with Crippen molar-refractivity contribution < 1.29 is 0 Å². The molecule has 0 heterocycles. The molecule has 0 amide bonds. The quantitative estimate of drug-likeness (QED) is 0.639. The zero-order valence-electron chi connectivity index (χ0n) is 8.48. The van der Waals surface area contributed by atoms with Crippen molar-refractivity contribution in [3.8, 4) is 0 Å². The zero-order valence-corrected chi connectivity index (χ0v) is 10.2. The second-order valence-electron chi connectivity index (χ2n) is 4.92. The molecule has 1 heteroatoms. The van der Waals surface area contributed by atoms with E-state index < -0.39 is 0 Å². The van der Waals surface area contributed by atoms with Crippen molar-refractivity contribution >= 4 is 16.0 Å². The monoisotopic (exact) mass is 221 g/mol. The number of hydrogen-bond donors (Lipinski definition) is 0. The Labute approximate surface area is 80.0 Å². The van der Waals surface area contributed by atoms with Crippen molar-refractivity contribution in [3.63, 3.8) is 0 Å². The van der Waals surface area contributed by atoms with E-state index in [0.29, 0.717) is 5.41 Å². The number of rotatable bonds is 3. The first-order valence-electron chi connectivity index (χ1n) is 4.47. The normalized spacial score (nSPS) is 18.0. The molecule has 0 N–H and O–H groups in total. The van der Waals surface area contributed by atoms with Gasteiger partial charge in [0.1, 0.15) is 0 Å². The summed E-state index contributed by atoms with van der Waals surface area (Å²) in [5, 5.41) is 0. The van der Waals surface area contributed by atoms with Crippen LogP contribution in [0.2, 0.25) is 4.82 Å². The number of hydrogen-bond acceptors (Lipinski definition) is 0. The molecule has 0 aliphatic carbocycles. The van der Waals surface area contributed by atoms with Crippen LogP contribution in [0.25, 0.3) is 0 Å². The Hall–Kier alpha value is 0.519. The molecular formula is C10H21Se. The van der Waals surface area contributed by atoms with E-state index in [9.17, 15) is 0 Å². The molecule has 1 radical (unpaired) electrons. The Bertz CT molecular complexity index is 99.9. The van der Waals surface area contributed by atoms with E-state index in [-0.39, 0.29) is 0 Å². The van der Waals surface area contributed by atoms with Crippen LogP contribution in [0.5, 0.6) is 0 Å². The predicted octanol–water partition coefficient (Wildman–Crippen LogP) is 3.43. The summed E-state index contributed by atoms with van der Waals surface area (Å²) in [5.74, 6) is 0.853. The van der Waals surface area contributed by atoms with Crippen LogP contribution in [-0.4, -0.2) is 16.0 Å². The van der Waals surface area contributed by atoms with E-state index in [1.54, 1.807) is 0 Å². The van der Waals surface area contributed by atoms with Crippen LogP contribution in [0.3, 0.4) is 0 Å². The van der Waals surface area contributed by atoms with Crippen LogP contribution in [0.4, 0.5) is 0 Å². The van der Waals surface area contributed by atoms with Crippen LogP contribution in [-0.2, 0) is 0 Å². The summed E-state index contributed by atoms with van der Waals surface area (Å²) in [4.78, 5) is 0.729. The Balaban J connectivity index is 3.61. The first-order chi connectivity index (χ1) is 4.81. The summed E-state index contributed by atoms with van der Waals surface area (Å²) in [6.45, 7) is 11.5. The maximum absolute atomic E-state index is 3.16. The third-order valence-electron chi connectivity index (χ3n) is 1.70. The van der Waals surface area contributed by atoms with Crippen molar-refractivity contribution in [1.29, 1.82) is 0 Å². The average molecular weight is 220 g/mol. The van der Waals surface area contributed by atoms with Crippen LogP contribution >= 0.6 is 0 Å². The zero-order chi connectivity index (χ0) is 9.07. The van der Waals surface area contributed by atoms with Crippen LogP contribution in [0, 0.1) is 11.3 Å². The van der Waals surface area contributed by atoms with Crippen molar-refractivity contribution in [3.05, 3.63) is 0 Å². The Kier molecular flexibility index (Phi) is 4.74. The van der Waals surface area contributed by atoms with Gasteiger partial charge in [0.25, 0.3) is 0 Å². The van der Waals surface area contributed by atoms with Crippen molar-refractivity contribution in [2.45, 2.75) is 52.3 Å². The average Bonchev–Trinajstić information content (AvgIpc) is 1.53. The molecule has 0 aromatic heterocycles. The molecule has 0 aromatic carbocycles. The fourth-order valence-corrected chi connectivity index (χ4v) is 2.38. The molecule has 2 unspecified atom stereocenters. The Morgan fingerprint density at radius 2 is 1.64 bits per heavy atom. The molecule has 11 heavy (non-hydrogen) atoms. The first-order valence-corrected chi connectivity index (χ1v) is 5.46. The molecule has 0 spiro atoms. The van der Waals surface area contributed by atoms with Gasteiger partial charge in [-0.2, -0.15) is 0 Å². The third kappa shape index (κ3) is 8.43. The second kappa shape index (κ2) is 4.52. The van der Waals surface area contributed by atoms with Crippen LogP contribution < -0.4 is 0 Å². The van der Waals surface area contributed by atoms with Gasteiger partial charge < -0.3 is 0 Å². The maximum atomic E-state index is 3.16. The molecule has 0 fully saturated rings. The van der Waals surface area contributed by atoms with Crippen LogP contribution in [0.15, 0.2) is 0 Å². The molecule has 2 atom stereocenters. The predicted molar refractivity (Wildman–Crippen MR) is 53.0 cm³/mol. The fourth-order valence-electron chi connectivity index (χ4n) is 1.70. The van der Waals surface area contributed by atoms with Gasteiger partial charge in [0.15, 0.2) is 0 Å². The summed E-state index contributed by atoms with van der Waals surface area (Å²) in [6, 6.07) is 0. The molecule has 67 valence electrons. The van der Waals surface area contributed by atoms with E-state index in [1.807, 2.05) is 0 Å². The van der Waals surface area contributed by atoms with Gasteiger partial charge in [-0.15, -0.1) is 0 Å². The van der Waals surface area contributed by atoms with Gasteiger partial charge in [0.2, 0.25) is 0 Å². The standard InChI is InChI=1S/C10H21Se/c1-8(6-9(2)11)7-10(3,4)5/h8-9H,6-7H2,1-5H3.